The number of hydrogen-bond acceptors (Lipinski definition) is 3. The standard InChI is InChI=1S/C9H18N2O2/c1-7(4-5-12)10-6-8-2-3-9(13)11-8/h7-8,10,12H,2-6H2,1H3,(H,11,13). The van der Waals surface area contributed by atoms with Crippen molar-refractivity contribution < 1.29 is 9.90 Å². The largest absolute Gasteiger partial charge is 0.396 e. The molecule has 1 aliphatic heterocycles. The lowest BCUT2D eigenvalue weighted by molar-refractivity contribution is -0.119. The molecule has 4 nitrogen and oxygen atoms in total. The molecule has 1 saturated heterocycles. The van der Waals surface area contributed by atoms with E-state index in [-0.39, 0.29) is 18.6 Å². The molecule has 0 bridgehead atoms. The Morgan fingerprint density at radius 3 is 3.08 bits per heavy atom. The van der Waals surface area contributed by atoms with Crippen LogP contribution in [0.2, 0.25) is 0 Å². The summed E-state index contributed by atoms with van der Waals surface area (Å²) in [4.78, 5) is 10.8. The second-order valence-corrected chi connectivity index (χ2v) is 3.62. The fourth-order valence-corrected chi connectivity index (χ4v) is 1.47. The van der Waals surface area contributed by atoms with Gasteiger partial charge in [-0.1, -0.05) is 0 Å². The molecule has 1 fully saturated rings. The number of carbonyl (C=O) groups is 1. The molecule has 1 rings (SSSR count). The maximum absolute atomic E-state index is 10.8. The number of carbonyl (C=O) groups excluding carboxylic acids is 1. The highest BCUT2D eigenvalue weighted by Crippen LogP contribution is 2.05. The zero-order valence-electron chi connectivity index (χ0n) is 8.05. The Hall–Kier alpha value is -0.610. The first-order chi connectivity index (χ1) is 6.22. The summed E-state index contributed by atoms with van der Waals surface area (Å²) in [6.07, 6.45) is 2.35. The van der Waals surface area contributed by atoms with E-state index in [0.717, 1.165) is 19.4 Å². The molecule has 2 unspecified atom stereocenters. The van der Waals surface area contributed by atoms with Crippen molar-refractivity contribution in [2.24, 2.45) is 0 Å². The lowest BCUT2D eigenvalue weighted by Gasteiger charge is -2.16. The highest BCUT2D eigenvalue weighted by Gasteiger charge is 2.20. The fourth-order valence-electron chi connectivity index (χ4n) is 1.47. The van der Waals surface area contributed by atoms with Crippen molar-refractivity contribution in [3.63, 3.8) is 0 Å². The van der Waals surface area contributed by atoms with Gasteiger partial charge in [0.15, 0.2) is 0 Å². The summed E-state index contributed by atoms with van der Waals surface area (Å²) in [7, 11) is 0. The Morgan fingerprint density at radius 1 is 1.77 bits per heavy atom. The quantitative estimate of drug-likeness (QED) is 0.549. The van der Waals surface area contributed by atoms with E-state index in [0.29, 0.717) is 12.5 Å². The first kappa shape index (κ1) is 10.5. The summed E-state index contributed by atoms with van der Waals surface area (Å²) in [5.41, 5.74) is 0. The van der Waals surface area contributed by atoms with E-state index in [9.17, 15) is 4.79 Å². The van der Waals surface area contributed by atoms with Crippen molar-refractivity contribution in [2.45, 2.75) is 38.3 Å². The van der Waals surface area contributed by atoms with Crippen LogP contribution in [0.3, 0.4) is 0 Å². The van der Waals surface area contributed by atoms with E-state index >= 15 is 0 Å². The van der Waals surface area contributed by atoms with Crippen LogP contribution in [-0.4, -0.2) is 36.2 Å². The molecule has 13 heavy (non-hydrogen) atoms. The summed E-state index contributed by atoms with van der Waals surface area (Å²) in [5.74, 6) is 0.154. The lowest BCUT2D eigenvalue weighted by Crippen LogP contribution is -2.39. The molecule has 3 N–H and O–H groups in total. The van der Waals surface area contributed by atoms with Crippen LogP contribution in [0.15, 0.2) is 0 Å². The van der Waals surface area contributed by atoms with Gasteiger partial charge in [0.1, 0.15) is 0 Å². The van der Waals surface area contributed by atoms with Crippen LogP contribution in [-0.2, 0) is 4.79 Å². The molecular weight excluding hydrogens is 168 g/mol. The molecule has 0 radical (unpaired) electrons. The first-order valence-corrected chi connectivity index (χ1v) is 4.86. The van der Waals surface area contributed by atoms with Gasteiger partial charge in [-0.15, -0.1) is 0 Å². The second kappa shape index (κ2) is 5.19. The normalized spacial score (nSPS) is 24.5. The van der Waals surface area contributed by atoms with Crippen LogP contribution in [0, 0.1) is 0 Å². The predicted octanol–water partition coefficient (Wildman–Crippen LogP) is -0.374. The maximum Gasteiger partial charge on any atom is 0.220 e. The van der Waals surface area contributed by atoms with Gasteiger partial charge in [-0.2, -0.15) is 0 Å². The maximum atomic E-state index is 10.8. The molecule has 0 aromatic carbocycles. The highest BCUT2D eigenvalue weighted by atomic mass is 16.3. The average molecular weight is 186 g/mol. The van der Waals surface area contributed by atoms with E-state index in [1.165, 1.54) is 0 Å². The fraction of sp³-hybridized carbons (Fsp3) is 0.889. The van der Waals surface area contributed by atoms with Gasteiger partial charge >= 0.3 is 0 Å². The van der Waals surface area contributed by atoms with Gasteiger partial charge in [0.2, 0.25) is 5.91 Å². The van der Waals surface area contributed by atoms with Gasteiger partial charge in [0, 0.05) is 31.7 Å². The van der Waals surface area contributed by atoms with Crippen LogP contribution in [0.25, 0.3) is 0 Å². The van der Waals surface area contributed by atoms with Crippen molar-refractivity contribution in [2.75, 3.05) is 13.2 Å². The summed E-state index contributed by atoms with van der Waals surface area (Å²) in [6.45, 7) is 3.06. The summed E-state index contributed by atoms with van der Waals surface area (Å²) < 4.78 is 0. The second-order valence-electron chi connectivity index (χ2n) is 3.62. The van der Waals surface area contributed by atoms with Crippen molar-refractivity contribution in [3.05, 3.63) is 0 Å². The van der Waals surface area contributed by atoms with Crippen molar-refractivity contribution in [1.29, 1.82) is 0 Å². The minimum atomic E-state index is 0.154. The number of amides is 1. The number of aliphatic hydroxyl groups excluding tert-OH is 1. The third kappa shape index (κ3) is 3.74. The van der Waals surface area contributed by atoms with Gasteiger partial charge in [-0.3, -0.25) is 4.79 Å². The average Bonchev–Trinajstić information content (AvgIpc) is 2.49. The molecule has 0 aliphatic carbocycles. The Bertz CT molecular complexity index is 173. The third-order valence-corrected chi connectivity index (χ3v) is 2.36. The molecule has 1 aliphatic rings. The monoisotopic (exact) mass is 186 g/mol. The van der Waals surface area contributed by atoms with Crippen molar-refractivity contribution in [3.8, 4) is 0 Å². The predicted molar refractivity (Wildman–Crippen MR) is 50.3 cm³/mol. The molecule has 76 valence electrons. The number of rotatable bonds is 5. The molecule has 0 aromatic heterocycles. The minimum Gasteiger partial charge on any atom is -0.396 e. The molecule has 1 heterocycles. The van der Waals surface area contributed by atoms with E-state index < -0.39 is 0 Å². The summed E-state index contributed by atoms with van der Waals surface area (Å²) in [5, 5.41) is 14.8. The Kier molecular flexibility index (Phi) is 4.18. The van der Waals surface area contributed by atoms with E-state index in [2.05, 4.69) is 10.6 Å². The topological polar surface area (TPSA) is 61.4 Å². The molecule has 0 spiro atoms. The molecular formula is C9H18N2O2. The van der Waals surface area contributed by atoms with Gasteiger partial charge in [-0.25, -0.2) is 0 Å². The van der Waals surface area contributed by atoms with Gasteiger partial charge < -0.3 is 15.7 Å². The molecule has 1 amide bonds. The van der Waals surface area contributed by atoms with E-state index in [1.54, 1.807) is 0 Å². The third-order valence-electron chi connectivity index (χ3n) is 2.36. The van der Waals surface area contributed by atoms with E-state index in [4.69, 9.17) is 5.11 Å². The van der Waals surface area contributed by atoms with E-state index in [1.807, 2.05) is 6.92 Å². The van der Waals surface area contributed by atoms with Crippen LogP contribution >= 0.6 is 0 Å². The van der Waals surface area contributed by atoms with Crippen LogP contribution in [0.4, 0.5) is 0 Å². The lowest BCUT2D eigenvalue weighted by atomic mass is 10.2. The Morgan fingerprint density at radius 2 is 2.54 bits per heavy atom. The molecule has 0 saturated carbocycles. The molecule has 2 atom stereocenters. The Balaban J connectivity index is 2.08. The van der Waals surface area contributed by atoms with Crippen LogP contribution in [0.1, 0.15) is 26.2 Å². The number of nitrogens with one attached hydrogen (secondary N) is 2. The van der Waals surface area contributed by atoms with Crippen molar-refractivity contribution >= 4 is 5.91 Å². The first-order valence-electron chi connectivity index (χ1n) is 4.86. The van der Waals surface area contributed by atoms with Crippen LogP contribution < -0.4 is 10.6 Å². The highest BCUT2D eigenvalue weighted by molar-refractivity contribution is 5.78. The number of aliphatic hydroxyl groups is 1. The number of hydrogen-bond donors (Lipinski definition) is 3. The van der Waals surface area contributed by atoms with Crippen molar-refractivity contribution in [1.82, 2.24) is 10.6 Å². The minimum absolute atomic E-state index is 0.154. The SMILES string of the molecule is CC(CCO)NCC1CCC(=O)N1. The summed E-state index contributed by atoms with van der Waals surface area (Å²) in [6, 6.07) is 0.608. The Labute approximate surface area is 78.7 Å². The van der Waals surface area contributed by atoms with Gasteiger partial charge in [0.25, 0.3) is 0 Å². The molecule has 0 aromatic rings. The zero-order valence-corrected chi connectivity index (χ0v) is 8.05. The van der Waals surface area contributed by atoms with Crippen LogP contribution in [0.5, 0.6) is 0 Å². The van der Waals surface area contributed by atoms with Gasteiger partial charge in [0.05, 0.1) is 0 Å². The van der Waals surface area contributed by atoms with Gasteiger partial charge in [-0.05, 0) is 19.8 Å². The summed E-state index contributed by atoms with van der Waals surface area (Å²) >= 11 is 0. The molecule has 4 heteroatoms. The smallest absolute Gasteiger partial charge is 0.220 e. The zero-order chi connectivity index (χ0) is 9.68.